The second-order valence-electron chi connectivity index (χ2n) is 4.34. The van der Waals surface area contributed by atoms with E-state index in [4.69, 9.17) is 9.47 Å². The maximum Gasteiger partial charge on any atom is 0.336 e. The fourth-order valence-electron chi connectivity index (χ4n) is 2.21. The Morgan fingerprint density at radius 1 is 1.00 bits per heavy atom. The van der Waals surface area contributed by atoms with Crippen molar-refractivity contribution in [2.75, 3.05) is 23.9 Å². The Hall–Kier alpha value is -0.820. The summed E-state index contributed by atoms with van der Waals surface area (Å²) in [6, 6.07) is 0. The lowest BCUT2D eigenvalue weighted by atomic mass is 9.87. The van der Waals surface area contributed by atoms with Crippen molar-refractivity contribution in [3.63, 3.8) is 0 Å². The number of alkyl halides is 2. The zero-order valence-corrected chi connectivity index (χ0v) is 15.5. The monoisotopic (exact) mass is 423 g/mol. The molecular formula is C14H19Br2NO4. The number of halogens is 2. The molecule has 0 aromatic heterocycles. The van der Waals surface area contributed by atoms with Crippen LogP contribution in [0.5, 0.6) is 0 Å². The molecule has 118 valence electrons. The molecule has 0 aromatic rings. The van der Waals surface area contributed by atoms with Gasteiger partial charge in [-0.15, -0.1) is 0 Å². The first-order valence-electron chi connectivity index (χ1n) is 6.70. The molecule has 0 saturated carbocycles. The summed E-state index contributed by atoms with van der Waals surface area (Å²) in [5, 5.41) is 4.07. The predicted octanol–water partition coefficient (Wildman–Crippen LogP) is 2.65. The van der Waals surface area contributed by atoms with Crippen LogP contribution >= 0.6 is 31.9 Å². The van der Waals surface area contributed by atoms with Crippen LogP contribution in [0, 0.1) is 5.92 Å². The van der Waals surface area contributed by atoms with Gasteiger partial charge in [-0.25, -0.2) is 9.59 Å². The number of ether oxygens (including phenoxy) is 2. The zero-order chi connectivity index (χ0) is 16.0. The molecule has 0 amide bonds. The highest BCUT2D eigenvalue weighted by molar-refractivity contribution is 9.09. The minimum Gasteiger partial charge on any atom is -0.463 e. The molecular weight excluding hydrogens is 406 g/mol. The van der Waals surface area contributed by atoms with Crippen LogP contribution in [0.15, 0.2) is 22.5 Å². The SMILES string of the molecule is CCOC(=O)C1=C(CBr)NC(CBr)=C(C(=O)OCC)C1C. The number of nitrogens with one attached hydrogen (secondary N) is 1. The highest BCUT2D eigenvalue weighted by atomic mass is 79.9. The number of hydrogen-bond donors (Lipinski definition) is 1. The van der Waals surface area contributed by atoms with Crippen molar-refractivity contribution in [1.82, 2.24) is 5.32 Å². The number of allylic oxidation sites excluding steroid dienone is 2. The van der Waals surface area contributed by atoms with E-state index in [2.05, 4.69) is 37.2 Å². The van der Waals surface area contributed by atoms with Crippen LogP contribution in [0.2, 0.25) is 0 Å². The highest BCUT2D eigenvalue weighted by Gasteiger charge is 2.35. The largest absolute Gasteiger partial charge is 0.463 e. The van der Waals surface area contributed by atoms with E-state index in [0.29, 0.717) is 33.2 Å². The summed E-state index contributed by atoms with van der Waals surface area (Å²) in [7, 11) is 0. The molecule has 0 aliphatic carbocycles. The van der Waals surface area contributed by atoms with Gasteiger partial charge in [0.1, 0.15) is 0 Å². The van der Waals surface area contributed by atoms with Crippen molar-refractivity contribution in [2.24, 2.45) is 5.92 Å². The lowest BCUT2D eigenvalue weighted by Crippen LogP contribution is -2.35. The van der Waals surface area contributed by atoms with E-state index in [-0.39, 0.29) is 19.1 Å². The molecule has 1 rings (SSSR count). The van der Waals surface area contributed by atoms with Crippen LogP contribution < -0.4 is 5.32 Å². The van der Waals surface area contributed by atoms with Gasteiger partial charge in [-0.2, -0.15) is 0 Å². The Labute approximate surface area is 141 Å². The van der Waals surface area contributed by atoms with Crippen LogP contribution in [-0.4, -0.2) is 35.8 Å². The summed E-state index contributed by atoms with van der Waals surface area (Å²) >= 11 is 6.72. The first kappa shape index (κ1) is 18.2. The average molecular weight is 425 g/mol. The maximum absolute atomic E-state index is 12.2. The van der Waals surface area contributed by atoms with E-state index < -0.39 is 11.9 Å². The van der Waals surface area contributed by atoms with E-state index in [1.807, 2.05) is 6.92 Å². The van der Waals surface area contributed by atoms with Gasteiger partial charge in [-0.3, -0.25) is 0 Å². The van der Waals surface area contributed by atoms with Gasteiger partial charge in [0.2, 0.25) is 0 Å². The minimum atomic E-state index is -0.414. The molecule has 0 unspecified atom stereocenters. The van der Waals surface area contributed by atoms with Gasteiger partial charge in [-0.1, -0.05) is 38.8 Å². The summed E-state index contributed by atoms with van der Waals surface area (Å²) < 4.78 is 10.2. The number of rotatable bonds is 6. The molecule has 0 saturated heterocycles. The summed E-state index contributed by atoms with van der Waals surface area (Å²) in [5.74, 6) is -1.21. The molecule has 5 nitrogen and oxygen atoms in total. The summed E-state index contributed by atoms with van der Waals surface area (Å²) in [6.45, 7) is 5.88. The number of carbonyl (C=O) groups is 2. The van der Waals surface area contributed by atoms with Gasteiger partial charge in [-0.05, 0) is 13.8 Å². The van der Waals surface area contributed by atoms with Gasteiger partial charge >= 0.3 is 11.9 Å². The maximum atomic E-state index is 12.2. The van der Waals surface area contributed by atoms with Crippen molar-refractivity contribution in [3.8, 4) is 0 Å². The van der Waals surface area contributed by atoms with E-state index >= 15 is 0 Å². The van der Waals surface area contributed by atoms with Gasteiger partial charge in [0.15, 0.2) is 0 Å². The molecule has 7 heteroatoms. The molecule has 0 radical (unpaired) electrons. The third-order valence-electron chi connectivity index (χ3n) is 3.08. The van der Waals surface area contributed by atoms with Crippen LogP contribution in [0.1, 0.15) is 20.8 Å². The molecule has 0 bridgehead atoms. The molecule has 1 aliphatic heterocycles. The van der Waals surface area contributed by atoms with Crippen molar-refractivity contribution in [3.05, 3.63) is 22.5 Å². The lowest BCUT2D eigenvalue weighted by molar-refractivity contribution is -0.140. The predicted molar refractivity (Wildman–Crippen MR) is 87.2 cm³/mol. The molecule has 1 N–H and O–H groups in total. The number of carbonyl (C=O) groups excluding carboxylic acids is 2. The van der Waals surface area contributed by atoms with Crippen molar-refractivity contribution >= 4 is 43.8 Å². The summed E-state index contributed by atoms with van der Waals surface area (Å²) in [6.07, 6.45) is 0. The molecule has 21 heavy (non-hydrogen) atoms. The standard InChI is InChI=1S/C14H19Br2NO4/c1-4-20-13(18)11-8(3)12(14(19)21-5-2)10(7-16)17-9(11)6-15/h8,17H,4-7H2,1-3H3. The van der Waals surface area contributed by atoms with E-state index in [0.717, 1.165) is 0 Å². The molecule has 1 heterocycles. The Morgan fingerprint density at radius 3 is 1.67 bits per heavy atom. The molecule has 1 aliphatic rings. The average Bonchev–Trinajstić information content (AvgIpc) is 2.46. The molecule has 0 spiro atoms. The molecule has 0 fully saturated rings. The van der Waals surface area contributed by atoms with Crippen LogP contribution in [-0.2, 0) is 19.1 Å². The Morgan fingerprint density at radius 2 is 1.38 bits per heavy atom. The molecule has 0 aromatic carbocycles. The van der Waals surface area contributed by atoms with Crippen molar-refractivity contribution in [2.45, 2.75) is 20.8 Å². The van der Waals surface area contributed by atoms with Crippen LogP contribution in [0.25, 0.3) is 0 Å². The fraction of sp³-hybridized carbons (Fsp3) is 0.571. The minimum absolute atomic E-state index is 0.286. The van der Waals surface area contributed by atoms with Gasteiger partial charge in [0, 0.05) is 28.0 Å². The Kier molecular flexibility index (Phi) is 7.45. The summed E-state index contributed by atoms with van der Waals surface area (Å²) in [4.78, 5) is 24.3. The Bertz CT molecular complexity index is 443. The smallest absolute Gasteiger partial charge is 0.336 e. The third kappa shape index (κ3) is 4.10. The number of hydrogen-bond acceptors (Lipinski definition) is 5. The lowest BCUT2D eigenvalue weighted by Gasteiger charge is -2.29. The quantitative estimate of drug-likeness (QED) is 0.524. The van der Waals surface area contributed by atoms with Gasteiger partial charge < -0.3 is 14.8 Å². The number of esters is 2. The Balaban J connectivity index is 3.23. The fourth-order valence-corrected chi connectivity index (χ4v) is 3.10. The van der Waals surface area contributed by atoms with Gasteiger partial charge in [0.05, 0.1) is 24.4 Å². The summed E-state index contributed by atoms with van der Waals surface area (Å²) in [5.41, 5.74) is 2.34. The van der Waals surface area contributed by atoms with Crippen LogP contribution in [0.4, 0.5) is 0 Å². The van der Waals surface area contributed by atoms with Crippen molar-refractivity contribution < 1.29 is 19.1 Å². The van der Waals surface area contributed by atoms with Crippen molar-refractivity contribution in [1.29, 1.82) is 0 Å². The first-order valence-corrected chi connectivity index (χ1v) is 8.95. The highest BCUT2D eigenvalue weighted by Crippen LogP contribution is 2.32. The normalized spacial score (nSPS) is 15.9. The van der Waals surface area contributed by atoms with Gasteiger partial charge in [0.25, 0.3) is 0 Å². The topological polar surface area (TPSA) is 64.6 Å². The second kappa shape index (κ2) is 8.58. The first-order chi connectivity index (χ1) is 10.0. The number of dihydropyridines is 1. The second-order valence-corrected chi connectivity index (χ2v) is 5.46. The van der Waals surface area contributed by atoms with Crippen LogP contribution in [0.3, 0.4) is 0 Å². The van der Waals surface area contributed by atoms with E-state index in [1.54, 1.807) is 13.8 Å². The van der Waals surface area contributed by atoms with E-state index in [1.165, 1.54) is 0 Å². The zero-order valence-electron chi connectivity index (χ0n) is 12.3. The molecule has 0 atom stereocenters. The third-order valence-corrected chi connectivity index (χ3v) is 4.20. The van der Waals surface area contributed by atoms with E-state index in [9.17, 15) is 9.59 Å².